The van der Waals surface area contributed by atoms with E-state index in [0.29, 0.717) is 12.5 Å². The molecule has 1 aliphatic rings. The van der Waals surface area contributed by atoms with Crippen molar-refractivity contribution in [2.45, 2.75) is 26.3 Å². The van der Waals surface area contributed by atoms with Crippen molar-refractivity contribution < 1.29 is 13.6 Å². The van der Waals surface area contributed by atoms with Crippen molar-refractivity contribution in [3.63, 3.8) is 0 Å². The van der Waals surface area contributed by atoms with Crippen molar-refractivity contribution in [1.29, 1.82) is 0 Å². The lowest BCUT2D eigenvalue weighted by Gasteiger charge is -2.22. The number of benzene rings is 1. The van der Waals surface area contributed by atoms with Crippen LogP contribution in [0, 0.1) is 17.6 Å². The molecule has 2 rings (SSSR count). The fraction of sp³-hybridized carbons (Fsp3) is 0.429. The van der Waals surface area contributed by atoms with Gasteiger partial charge in [0.25, 0.3) is 5.91 Å². The minimum Gasteiger partial charge on any atom is -0.338 e. The Hall–Kier alpha value is -1.98. The molecule has 0 saturated carbocycles. The van der Waals surface area contributed by atoms with Crippen LogP contribution in [0.4, 0.5) is 8.78 Å². The molecule has 0 aromatic heterocycles. The highest BCUT2D eigenvalue weighted by Crippen LogP contribution is 2.27. The van der Waals surface area contributed by atoms with E-state index in [0.717, 1.165) is 18.2 Å². The van der Waals surface area contributed by atoms with Gasteiger partial charge in [0, 0.05) is 12.1 Å². The SMILES string of the molecule is CC(C)CN=C1NC(=O)C(C)(c2cc(F)ccc2F)N1. The number of carbonyl (C=O) groups is 1. The number of nitrogens with one attached hydrogen (secondary N) is 2. The largest absolute Gasteiger partial charge is 0.338 e. The number of amides is 1. The maximum Gasteiger partial charge on any atom is 0.256 e. The second kappa shape index (κ2) is 5.19. The van der Waals surface area contributed by atoms with E-state index in [1.165, 1.54) is 6.92 Å². The van der Waals surface area contributed by atoms with Crippen LogP contribution in [0.25, 0.3) is 0 Å². The molecule has 0 spiro atoms. The Balaban J connectivity index is 2.33. The van der Waals surface area contributed by atoms with Gasteiger partial charge in [0.1, 0.15) is 17.2 Å². The lowest BCUT2D eigenvalue weighted by molar-refractivity contribution is -0.123. The standard InChI is InChI=1S/C14H17F2N3O/c1-8(2)7-17-13-18-12(20)14(3,19-13)10-6-9(15)4-5-11(10)16/h4-6,8H,7H2,1-3H3,(H2,17,18,19,20). The Kier molecular flexibility index (Phi) is 3.74. The molecular weight excluding hydrogens is 264 g/mol. The molecule has 1 fully saturated rings. The predicted molar refractivity (Wildman–Crippen MR) is 72.1 cm³/mol. The van der Waals surface area contributed by atoms with Gasteiger partial charge < -0.3 is 5.32 Å². The van der Waals surface area contributed by atoms with E-state index >= 15 is 0 Å². The monoisotopic (exact) mass is 281 g/mol. The Morgan fingerprint density at radius 2 is 2.05 bits per heavy atom. The molecular formula is C14H17F2N3O. The molecule has 1 aromatic rings. The minimum absolute atomic E-state index is 0.0373. The van der Waals surface area contributed by atoms with E-state index in [1.807, 2.05) is 13.8 Å². The van der Waals surface area contributed by atoms with E-state index in [1.54, 1.807) is 0 Å². The van der Waals surface area contributed by atoms with Gasteiger partial charge in [-0.3, -0.25) is 15.1 Å². The Morgan fingerprint density at radius 3 is 2.70 bits per heavy atom. The summed E-state index contributed by atoms with van der Waals surface area (Å²) in [5, 5.41) is 5.40. The second-order valence-electron chi connectivity index (χ2n) is 5.41. The summed E-state index contributed by atoms with van der Waals surface area (Å²) in [5.41, 5.74) is -1.40. The molecule has 1 saturated heterocycles. The smallest absolute Gasteiger partial charge is 0.256 e. The summed E-state index contributed by atoms with van der Waals surface area (Å²) in [4.78, 5) is 16.3. The Bertz CT molecular complexity index is 572. The molecule has 1 aliphatic heterocycles. The van der Waals surface area contributed by atoms with Crippen LogP contribution in [0.2, 0.25) is 0 Å². The first kappa shape index (κ1) is 14.4. The summed E-state index contributed by atoms with van der Waals surface area (Å²) in [5.74, 6) is -1.07. The number of halogens is 2. The lowest BCUT2D eigenvalue weighted by Crippen LogP contribution is -2.41. The van der Waals surface area contributed by atoms with Crippen molar-refractivity contribution in [3.8, 4) is 0 Å². The fourth-order valence-corrected chi connectivity index (χ4v) is 1.98. The molecule has 0 radical (unpaired) electrons. The number of nitrogens with zero attached hydrogens (tertiary/aromatic N) is 1. The van der Waals surface area contributed by atoms with Crippen molar-refractivity contribution in [2.75, 3.05) is 6.54 Å². The highest BCUT2D eigenvalue weighted by molar-refractivity contribution is 6.09. The number of hydrogen-bond donors (Lipinski definition) is 2. The fourth-order valence-electron chi connectivity index (χ4n) is 1.98. The minimum atomic E-state index is -1.36. The number of hydrogen-bond acceptors (Lipinski definition) is 2. The Labute approximate surface area is 116 Å². The summed E-state index contributed by atoms with van der Waals surface area (Å²) in [7, 11) is 0. The van der Waals surface area contributed by atoms with Crippen molar-refractivity contribution in [1.82, 2.24) is 10.6 Å². The van der Waals surface area contributed by atoms with Crippen LogP contribution in [0.5, 0.6) is 0 Å². The quantitative estimate of drug-likeness (QED) is 0.889. The van der Waals surface area contributed by atoms with Gasteiger partial charge in [0.2, 0.25) is 0 Å². The van der Waals surface area contributed by atoms with Crippen LogP contribution < -0.4 is 10.6 Å². The summed E-state index contributed by atoms with van der Waals surface area (Å²) >= 11 is 0. The zero-order valence-electron chi connectivity index (χ0n) is 11.6. The summed E-state index contributed by atoms with van der Waals surface area (Å²) < 4.78 is 27.1. The summed E-state index contributed by atoms with van der Waals surface area (Å²) in [6.45, 7) is 6.01. The molecule has 2 N–H and O–H groups in total. The molecule has 1 aromatic carbocycles. The molecule has 1 amide bonds. The number of aliphatic imine (C=N–C) groups is 1. The van der Waals surface area contributed by atoms with Crippen LogP contribution in [0.3, 0.4) is 0 Å². The summed E-state index contributed by atoms with van der Waals surface area (Å²) in [6, 6.07) is 3.05. The molecule has 1 unspecified atom stereocenters. The molecule has 108 valence electrons. The van der Waals surface area contributed by atoms with E-state index in [4.69, 9.17) is 0 Å². The van der Waals surface area contributed by atoms with Crippen molar-refractivity contribution in [2.24, 2.45) is 10.9 Å². The zero-order valence-corrected chi connectivity index (χ0v) is 11.6. The molecule has 0 bridgehead atoms. The van der Waals surface area contributed by atoms with Gasteiger partial charge in [-0.05, 0) is 31.0 Å². The number of guanidine groups is 1. The van der Waals surface area contributed by atoms with Gasteiger partial charge in [-0.25, -0.2) is 8.78 Å². The second-order valence-corrected chi connectivity index (χ2v) is 5.41. The van der Waals surface area contributed by atoms with E-state index < -0.39 is 23.1 Å². The van der Waals surface area contributed by atoms with Gasteiger partial charge >= 0.3 is 0 Å². The van der Waals surface area contributed by atoms with Gasteiger partial charge in [-0.2, -0.15) is 0 Å². The highest BCUT2D eigenvalue weighted by Gasteiger charge is 2.44. The normalized spacial score (nSPS) is 24.1. The maximum absolute atomic E-state index is 13.9. The molecule has 1 atom stereocenters. The first-order valence-corrected chi connectivity index (χ1v) is 6.42. The first-order valence-electron chi connectivity index (χ1n) is 6.42. The Morgan fingerprint density at radius 1 is 1.35 bits per heavy atom. The van der Waals surface area contributed by atoms with Gasteiger partial charge in [0.15, 0.2) is 5.96 Å². The van der Waals surface area contributed by atoms with Crippen LogP contribution in [-0.4, -0.2) is 18.4 Å². The van der Waals surface area contributed by atoms with Crippen LogP contribution in [-0.2, 0) is 10.3 Å². The average Bonchev–Trinajstić information content (AvgIpc) is 2.66. The van der Waals surface area contributed by atoms with Crippen LogP contribution >= 0.6 is 0 Å². The van der Waals surface area contributed by atoms with E-state index in [2.05, 4.69) is 15.6 Å². The van der Waals surface area contributed by atoms with Crippen LogP contribution in [0.1, 0.15) is 26.3 Å². The molecule has 6 heteroatoms. The zero-order chi connectivity index (χ0) is 14.9. The summed E-state index contributed by atoms with van der Waals surface area (Å²) in [6.07, 6.45) is 0. The topological polar surface area (TPSA) is 53.5 Å². The molecule has 1 heterocycles. The van der Waals surface area contributed by atoms with Gasteiger partial charge in [0.05, 0.1) is 0 Å². The van der Waals surface area contributed by atoms with Crippen molar-refractivity contribution in [3.05, 3.63) is 35.4 Å². The van der Waals surface area contributed by atoms with Gasteiger partial charge in [-0.15, -0.1) is 0 Å². The lowest BCUT2D eigenvalue weighted by atomic mass is 9.92. The molecule has 4 nitrogen and oxygen atoms in total. The third-order valence-corrected chi connectivity index (χ3v) is 3.14. The van der Waals surface area contributed by atoms with Crippen molar-refractivity contribution >= 4 is 11.9 Å². The first-order chi connectivity index (χ1) is 9.33. The average molecular weight is 281 g/mol. The molecule has 20 heavy (non-hydrogen) atoms. The maximum atomic E-state index is 13.9. The predicted octanol–water partition coefficient (Wildman–Crippen LogP) is 1.91. The third kappa shape index (κ3) is 2.64. The van der Waals surface area contributed by atoms with E-state index in [9.17, 15) is 13.6 Å². The van der Waals surface area contributed by atoms with Crippen LogP contribution in [0.15, 0.2) is 23.2 Å². The third-order valence-electron chi connectivity index (χ3n) is 3.14. The highest BCUT2D eigenvalue weighted by atomic mass is 19.1. The molecule has 0 aliphatic carbocycles. The van der Waals surface area contributed by atoms with E-state index in [-0.39, 0.29) is 11.5 Å². The number of rotatable bonds is 3. The van der Waals surface area contributed by atoms with Gasteiger partial charge in [-0.1, -0.05) is 13.8 Å². The number of carbonyl (C=O) groups excluding carboxylic acids is 1.